The van der Waals surface area contributed by atoms with Crippen LogP contribution in [0.1, 0.15) is 28.8 Å². The first-order valence-electron chi connectivity index (χ1n) is 10.5. The van der Waals surface area contributed by atoms with Crippen molar-refractivity contribution in [1.82, 2.24) is 9.62 Å². The van der Waals surface area contributed by atoms with E-state index in [-0.39, 0.29) is 26.5 Å². The SMILES string of the molecule is Cc1cc(NC(=O)c2cc(S(=O)(=O)NC3CC3)c(Cl)cc2Cl)ccc1N1CCN(C)CC1. The van der Waals surface area contributed by atoms with E-state index >= 15 is 0 Å². The minimum Gasteiger partial charge on any atom is -0.369 e. The highest BCUT2D eigenvalue weighted by Crippen LogP contribution is 2.31. The number of aryl methyl sites for hydroxylation is 1. The molecule has 32 heavy (non-hydrogen) atoms. The van der Waals surface area contributed by atoms with Gasteiger partial charge in [-0.25, -0.2) is 13.1 Å². The van der Waals surface area contributed by atoms with Crippen LogP contribution in [-0.4, -0.2) is 58.5 Å². The van der Waals surface area contributed by atoms with E-state index in [0.717, 1.165) is 50.3 Å². The lowest BCUT2D eigenvalue weighted by atomic mass is 10.1. The number of carbonyl (C=O) groups is 1. The Balaban J connectivity index is 1.53. The van der Waals surface area contributed by atoms with Gasteiger partial charge in [0.1, 0.15) is 4.90 Å². The molecule has 1 aliphatic carbocycles. The molecule has 2 N–H and O–H groups in total. The number of hydrogen-bond donors (Lipinski definition) is 2. The molecule has 1 saturated heterocycles. The van der Waals surface area contributed by atoms with E-state index in [0.29, 0.717) is 5.69 Å². The lowest BCUT2D eigenvalue weighted by molar-refractivity contribution is 0.102. The van der Waals surface area contributed by atoms with Gasteiger partial charge in [-0.15, -0.1) is 0 Å². The predicted molar refractivity (Wildman–Crippen MR) is 129 cm³/mol. The molecule has 2 aliphatic rings. The summed E-state index contributed by atoms with van der Waals surface area (Å²) in [5.74, 6) is -0.499. The van der Waals surface area contributed by atoms with Crippen LogP contribution in [-0.2, 0) is 10.0 Å². The van der Waals surface area contributed by atoms with Crippen LogP contribution in [0.25, 0.3) is 0 Å². The molecule has 0 spiro atoms. The Morgan fingerprint density at radius 2 is 1.72 bits per heavy atom. The van der Waals surface area contributed by atoms with Gasteiger partial charge < -0.3 is 15.1 Å². The third-order valence-corrected chi connectivity index (χ3v) is 8.05. The van der Waals surface area contributed by atoms with E-state index in [1.54, 1.807) is 0 Å². The van der Waals surface area contributed by atoms with Gasteiger partial charge in [0.2, 0.25) is 10.0 Å². The van der Waals surface area contributed by atoms with Crippen molar-refractivity contribution < 1.29 is 13.2 Å². The number of likely N-dealkylation sites (N-methyl/N-ethyl adjacent to an activating group) is 1. The number of benzene rings is 2. The molecule has 1 saturated carbocycles. The van der Waals surface area contributed by atoms with E-state index in [4.69, 9.17) is 23.2 Å². The Hall–Kier alpha value is -1.84. The number of piperazine rings is 1. The van der Waals surface area contributed by atoms with E-state index in [9.17, 15) is 13.2 Å². The second-order valence-electron chi connectivity index (χ2n) is 8.40. The van der Waals surface area contributed by atoms with Crippen molar-refractivity contribution in [3.05, 3.63) is 51.5 Å². The van der Waals surface area contributed by atoms with Crippen LogP contribution in [0.4, 0.5) is 11.4 Å². The monoisotopic (exact) mass is 496 g/mol. The first-order valence-corrected chi connectivity index (χ1v) is 12.7. The van der Waals surface area contributed by atoms with E-state index < -0.39 is 15.9 Å². The van der Waals surface area contributed by atoms with Gasteiger partial charge in [-0.3, -0.25) is 4.79 Å². The van der Waals surface area contributed by atoms with Gasteiger partial charge in [-0.1, -0.05) is 23.2 Å². The highest BCUT2D eigenvalue weighted by atomic mass is 35.5. The number of carbonyl (C=O) groups excluding carboxylic acids is 1. The number of sulfonamides is 1. The molecule has 4 rings (SSSR count). The summed E-state index contributed by atoms with van der Waals surface area (Å²) in [5.41, 5.74) is 2.84. The molecule has 2 aromatic carbocycles. The molecule has 1 amide bonds. The number of amides is 1. The predicted octanol–water partition coefficient (Wildman–Crippen LogP) is 3.75. The van der Waals surface area contributed by atoms with Gasteiger partial charge in [0.15, 0.2) is 0 Å². The summed E-state index contributed by atoms with van der Waals surface area (Å²) in [6.45, 7) is 5.93. The minimum absolute atomic E-state index is 0.0212. The fourth-order valence-electron chi connectivity index (χ4n) is 3.73. The van der Waals surface area contributed by atoms with Crippen LogP contribution < -0.4 is 14.9 Å². The molecular weight excluding hydrogens is 471 g/mol. The van der Waals surface area contributed by atoms with Crippen molar-refractivity contribution in [2.45, 2.75) is 30.7 Å². The summed E-state index contributed by atoms with van der Waals surface area (Å²) in [6.07, 6.45) is 1.59. The Bertz CT molecular complexity index is 1140. The van der Waals surface area contributed by atoms with Crippen LogP contribution >= 0.6 is 23.2 Å². The summed E-state index contributed by atoms with van der Waals surface area (Å²) < 4.78 is 27.8. The molecule has 0 atom stereocenters. The molecule has 7 nitrogen and oxygen atoms in total. The number of rotatable bonds is 6. The van der Waals surface area contributed by atoms with Crippen LogP contribution in [0.15, 0.2) is 35.2 Å². The van der Waals surface area contributed by atoms with Crippen molar-refractivity contribution >= 4 is 50.5 Å². The van der Waals surface area contributed by atoms with Gasteiger partial charge in [0.05, 0.1) is 15.6 Å². The second-order valence-corrected chi connectivity index (χ2v) is 10.9. The molecule has 0 bridgehead atoms. The standard InChI is InChI=1S/C22H26Cl2N4O3S/c1-14-11-16(5-6-20(14)28-9-7-27(2)8-10-28)25-22(29)17-12-21(19(24)13-18(17)23)32(30,31)26-15-3-4-15/h5-6,11-13,15,26H,3-4,7-10H2,1-2H3,(H,25,29). The van der Waals surface area contributed by atoms with Gasteiger partial charge in [-0.05, 0) is 62.7 Å². The Labute approximate surface area is 198 Å². The second kappa shape index (κ2) is 9.19. The molecule has 1 aliphatic heterocycles. The number of halogens is 2. The quantitative estimate of drug-likeness (QED) is 0.636. The van der Waals surface area contributed by atoms with Crippen molar-refractivity contribution in [2.24, 2.45) is 0 Å². The average Bonchev–Trinajstić information content (AvgIpc) is 3.52. The van der Waals surface area contributed by atoms with Gasteiger partial charge in [0, 0.05) is 43.6 Å². The molecule has 0 aromatic heterocycles. The summed E-state index contributed by atoms with van der Waals surface area (Å²) in [7, 11) is -1.72. The summed E-state index contributed by atoms with van der Waals surface area (Å²) in [4.78, 5) is 17.4. The van der Waals surface area contributed by atoms with Crippen molar-refractivity contribution in [1.29, 1.82) is 0 Å². The maximum atomic E-state index is 12.9. The lowest BCUT2D eigenvalue weighted by Crippen LogP contribution is -2.44. The molecule has 2 aromatic rings. The highest BCUT2D eigenvalue weighted by molar-refractivity contribution is 7.89. The maximum Gasteiger partial charge on any atom is 0.257 e. The molecule has 2 fully saturated rings. The molecule has 1 heterocycles. The molecule has 0 radical (unpaired) electrons. The third-order valence-electron chi connectivity index (χ3n) is 5.75. The van der Waals surface area contributed by atoms with E-state index in [2.05, 4.69) is 26.9 Å². The Kier molecular flexibility index (Phi) is 6.70. The maximum absolute atomic E-state index is 12.9. The number of nitrogens with one attached hydrogen (secondary N) is 2. The Morgan fingerprint density at radius 1 is 1.03 bits per heavy atom. The fourth-order valence-corrected chi connectivity index (χ4v) is 5.89. The first kappa shape index (κ1) is 23.3. The zero-order valence-corrected chi connectivity index (χ0v) is 20.3. The Morgan fingerprint density at radius 3 is 2.34 bits per heavy atom. The molecule has 10 heteroatoms. The van der Waals surface area contributed by atoms with Crippen molar-refractivity contribution in [3.8, 4) is 0 Å². The van der Waals surface area contributed by atoms with Crippen LogP contribution in [0.5, 0.6) is 0 Å². The summed E-state index contributed by atoms with van der Waals surface area (Å²) >= 11 is 12.4. The van der Waals surface area contributed by atoms with Crippen molar-refractivity contribution in [2.75, 3.05) is 43.4 Å². The van der Waals surface area contributed by atoms with Crippen LogP contribution in [0.3, 0.4) is 0 Å². The van der Waals surface area contributed by atoms with Gasteiger partial charge in [0.25, 0.3) is 5.91 Å². The summed E-state index contributed by atoms with van der Waals surface area (Å²) in [5, 5.41) is 2.89. The smallest absolute Gasteiger partial charge is 0.257 e. The van der Waals surface area contributed by atoms with Gasteiger partial charge >= 0.3 is 0 Å². The topological polar surface area (TPSA) is 81.7 Å². The normalized spacial score (nSPS) is 17.4. The zero-order chi connectivity index (χ0) is 23.0. The molecule has 0 unspecified atom stereocenters. The van der Waals surface area contributed by atoms with Gasteiger partial charge in [-0.2, -0.15) is 0 Å². The summed E-state index contributed by atoms with van der Waals surface area (Å²) in [6, 6.07) is 8.19. The average molecular weight is 497 g/mol. The zero-order valence-electron chi connectivity index (χ0n) is 18.0. The number of nitrogens with zero attached hydrogens (tertiary/aromatic N) is 2. The first-order chi connectivity index (χ1) is 15.1. The minimum atomic E-state index is -3.83. The lowest BCUT2D eigenvalue weighted by Gasteiger charge is -2.35. The molecule has 172 valence electrons. The van der Waals surface area contributed by atoms with E-state index in [1.165, 1.54) is 12.1 Å². The third kappa shape index (κ3) is 5.21. The largest absolute Gasteiger partial charge is 0.369 e. The molecular formula is C22H26Cl2N4O3S. The van der Waals surface area contributed by atoms with Crippen LogP contribution in [0, 0.1) is 6.92 Å². The van der Waals surface area contributed by atoms with E-state index in [1.807, 2.05) is 25.1 Å². The number of anilines is 2. The van der Waals surface area contributed by atoms with Crippen LogP contribution in [0.2, 0.25) is 10.0 Å². The number of hydrogen-bond acceptors (Lipinski definition) is 5. The fraction of sp³-hybridized carbons (Fsp3) is 0.409. The van der Waals surface area contributed by atoms with Crippen molar-refractivity contribution in [3.63, 3.8) is 0 Å². The highest BCUT2D eigenvalue weighted by Gasteiger charge is 2.30.